The lowest BCUT2D eigenvalue weighted by Gasteiger charge is -2.17. The summed E-state index contributed by atoms with van der Waals surface area (Å²) in [5, 5.41) is 14.1. The number of amides is 2. The zero-order valence-corrected chi connectivity index (χ0v) is 15.2. The summed E-state index contributed by atoms with van der Waals surface area (Å²) >= 11 is 0. The maximum Gasteiger partial charge on any atom is 0.326 e. The van der Waals surface area contributed by atoms with Gasteiger partial charge in [-0.2, -0.15) is 0 Å². The maximum absolute atomic E-state index is 11.8. The minimum Gasteiger partial charge on any atom is -0.480 e. The van der Waals surface area contributed by atoms with Crippen molar-refractivity contribution in [3.05, 3.63) is 35.9 Å². The molecule has 0 spiro atoms. The number of rotatable bonds is 11. The second-order valence-corrected chi connectivity index (χ2v) is 5.98. The Balaban J connectivity index is 2.23. The fourth-order valence-corrected chi connectivity index (χ4v) is 2.36. The molecule has 0 unspecified atom stereocenters. The SMILES string of the molecule is COC(=O)CC[C@H](NC(=O)NCCCN(C)Cc1ccccc1)C(=O)O. The summed E-state index contributed by atoms with van der Waals surface area (Å²) in [5.41, 5.74) is 1.22. The number of ether oxygens (including phenoxy) is 1. The molecule has 8 heteroatoms. The van der Waals surface area contributed by atoms with Crippen LogP contribution >= 0.6 is 0 Å². The fraction of sp³-hybridized carbons (Fsp3) is 0.500. The second-order valence-electron chi connectivity index (χ2n) is 5.98. The third-order valence-electron chi connectivity index (χ3n) is 3.77. The van der Waals surface area contributed by atoms with Crippen molar-refractivity contribution in [2.24, 2.45) is 0 Å². The topological polar surface area (TPSA) is 108 Å². The summed E-state index contributed by atoms with van der Waals surface area (Å²) < 4.78 is 4.46. The van der Waals surface area contributed by atoms with E-state index in [2.05, 4.69) is 32.4 Å². The highest BCUT2D eigenvalue weighted by Gasteiger charge is 2.21. The van der Waals surface area contributed by atoms with Gasteiger partial charge in [0, 0.05) is 19.5 Å². The first-order valence-electron chi connectivity index (χ1n) is 8.48. The summed E-state index contributed by atoms with van der Waals surface area (Å²) in [6.07, 6.45) is 0.643. The predicted octanol–water partition coefficient (Wildman–Crippen LogP) is 1.21. The number of carboxylic acid groups (broad SMARTS) is 1. The fourth-order valence-electron chi connectivity index (χ4n) is 2.36. The Morgan fingerprint density at radius 2 is 1.92 bits per heavy atom. The Morgan fingerprint density at radius 3 is 2.54 bits per heavy atom. The van der Waals surface area contributed by atoms with E-state index >= 15 is 0 Å². The van der Waals surface area contributed by atoms with Crippen LogP contribution in [-0.4, -0.2) is 61.3 Å². The number of methoxy groups -OCH3 is 1. The molecule has 0 aliphatic rings. The lowest BCUT2D eigenvalue weighted by Crippen LogP contribution is -2.46. The zero-order valence-electron chi connectivity index (χ0n) is 15.2. The maximum atomic E-state index is 11.8. The number of nitrogens with zero attached hydrogens (tertiary/aromatic N) is 1. The number of aliphatic carboxylic acids is 1. The normalized spacial score (nSPS) is 11.7. The molecule has 0 bridgehead atoms. The van der Waals surface area contributed by atoms with Crippen LogP contribution in [0.5, 0.6) is 0 Å². The van der Waals surface area contributed by atoms with Crippen LogP contribution in [0.15, 0.2) is 30.3 Å². The Morgan fingerprint density at radius 1 is 1.23 bits per heavy atom. The molecular weight excluding hydrogens is 338 g/mol. The van der Waals surface area contributed by atoms with Gasteiger partial charge in [0.1, 0.15) is 6.04 Å². The molecule has 0 aliphatic carbocycles. The van der Waals surface area contributed by atoms with Crippen LogP contribution in [0.3, 0.4) is 0 Å². The Labute approximate surface area is 153 Å². The molecule has 0 radical (unpaired) electrons. The van der Waals surface area contributed by atoms with Crippen molar-refractivity contribution in [2.45, 2.75) is 31.8 Å². The van der Waals surface area contributed by atoms with Crippen molar-refractivity contribution in [1.29, 1.82) is 0 Å². The molecule has 1 atom stereocenters. The molecule has 0 saturated heterocycles. The Kier molecular flexibility index (Phi) is 9.78. The number of esters is 1. The number of carbonyl (C=O) groups is 3. The van der Waals surface area contributed by atoms with Crippen LogP contribution < -0.4 is 10.6 Å². The molecule has 1 aromatic rings. The minimum atomic E-state index is -1.19. The molecule has 0 aromatic heterocycles. The first kappa shape index (κ1) is 21.4. The number of benzene rings is 1. The summed E-state index contributed by atoms with van der Waals surface area (Å²) in [5.74, 6) is -1.70. The monoisotopic (exact) mass is 365 g/mol. The number of nitrogens with one attached hydrogen (secondary N) is 2. The van der Waals surface area contributed by atoms with Gasteiger partial charge in [0.25, 0.3) is 0 Å². The van der Waals surface area contributed by atoms with E-state index in [4.69, 9.17) is 5.11 Å². The second kappa shape index (κ2) is 11.9. The van der Waals surface area contributed by atoms with E-state index < -0.39 is 24.0 Å². The lowest BCUT2D eigenvalue weighted by atomic mass is 10.1. The van der Waals surface area contributed by atoms with Crippen molar-refractivity contribution in [3.8, 4) is 0 Å². The van der Waals surface area contributed by atoms with E-state index in [1.165, 1.54) is 12.7 Å². The lowest BCUT2D eigenvalue weighted by molar-refractivity contribution is -0.142. The first-order chi connectivity index (χ1) is 12.4. The Hall–Kier alpha value is -2.61. The minimum absolute atomic E-state index is 0.0186. The molecule has 0 heterocycles. The van der Waals surface area contributed by atoms with Crippen LogP contribution in [0, 0.1) is 0 Å². The number of hydrogen-bond acceptors (Lipinski definition) is 5. The van der Waals surface area contributed by atoms with E-state index in [9.17, 15) is 14.4 Å². The van der Waals surface area contributed by atoms with Gasteiger partial charge in [-0.05, 0) is 32.0 Å². The van der Waals surface area contributed by atoms with Gasteiger partial charge >= 0.3 is 18.0 Å². The highest BCUT2D eigenvalue weighted by Crippen LogP contribution is 2.03. The van der Waals surface area contributed by atoms with Crippen molar-refractivity contribution < 1.29 is 24.2 Å². The largest absolute Gasteiger partial charge is 0.480 e. The van der Waals surface area contributed by atoms with Gasteiger partial charge in [0.2, 0.25) is 0 Å². The van der Waals surface area contributed by atoms with Gasteiger partial charge < -0.3 is 25.4 Å². The van der Waals surface area contributed by atoms with Crippen molar-refractivity contribution in [2.75, 3.05) is 27.2 Å². The third kappa shape index (κ3) is 9.03. The third-order valence-corrected chi connectivity index (χ3v) is 3.77. The van der Waals surface area contributed by atoms with Crippen LogP contribution in [0.25, 0.3) is 0 Å². The van der Waals surface area contributed by atoms with E-state index in [1.54, 1.807) is 0 Å². The average Bonchev–Trinajstić information content (AvgIpc) is 2.62. The molecule has 0 saturated carbocycles. The van der Waals surface area contributed by atoms with Gasteiger partial charge in [0.05, 0.1) is 7.11 Å². The summed E-state index contributed by atoms with van der Waals surface area (Å²) in [4.78, 5) is 36.1. The molecule has 2 amide bonds. The smallest absolute Gasteiger partial charge is 0.326 e. The average molecular weight is 365 g/mol. The molecule has 0 aliphatic heterocycles. The predicted molar refractivity (Wildman–Crippen MR) is 96.6 cm³/mol. The number of urea groups is 1. The summed E-state index contributed by atoms with van der Waals surface area (Å²) in [6, 6.07) is 8.39. The zero-order chi connectivity index (χ0) is 19.4. The number of carboxylic acids is 1. The number of carbonyl (C=O) groups excluding carboxylic acids is 2. The molecule has 8 nitrogen and oxygen atoms in total. The van der Waals surface area contributed by atoms with E-state index in [0.29, 0.717) is 6.54 Å². The van der Waals surface area contributed by atoms with Gasteiger partial charge in [0.15, 0.2) is 0 Å². The molecule has 1 aromatic carbocycles. The molecule has 3 N–H and O–H groups in total. The Bertz CT molecular complexity index is 579. The standard InChI is InChI=1S/C18H27N3O5/c1-21(13-14-7-4-3-5-8-14)12-6-11-19-18(25)20-15(17(23)24)9-10-16(22)26-2/h3-5,7-8,15H,6,9-13H2,1-2H3,(H,23,24)(H2,19,20,25)/t15-/m0/s1. The molecule has 144 valence electrons. The quantitative estimate of drug-likeness (QED) is 0.402. The number of hydrogen-bond donors (Lipinski definition) is 3. The van der Waals surface area contributed by atoms with Crippen molar-refractivity contribution in [3.63, 3.8) is 0 Å². The van der Waals surface area contributed by atoms with Gasteiger partial charge in [-0.25, -0.2) is 9.59 Å². The van der Waals surface area contributed by atoms with Crippen LogP contribution in [0.2, 0.25) is 0 Å². The van der Waals surface area contributed by atoms with Crippen LogP contribution in [-0.2, 0) is 20.9 Å². The first-order valence-corrected chi connectivity index (χ1v) is 8.48. The van der Waals surface area contributed by atoms with E-state index in [1.807, 2.05) is 25.2 Å². The van der Waals surface area contributed by atoms with Gasteiger partial charge in [-0.15, -0.1) is 0 Å². The molecular formula is C18H27N3O5. The van der Waals surface area contributed by atoms with Crippen molar-refractivity contribution >= 4 is 18.0 Å². The molecule has 26 heavy (non-hydrogen) atoms. The molecule has 0 fully saturated rings. The van der Waals surface area contributed by atoms with E-state index in [-0.39, 0.29) is 12.8 Å². The highest BCUT2D eigenvalue weighted by molar-refractivity contribution is 5.83. The highest BCUT2D eigenvalue weighted by atomic mass is 16.5. The van der Waals surface area contributed by atoms with Crippen molar-refractivity contribution in [1.82, 2.24) is 15.5 Å². The van der Waals surface area contributed by atoms with E-state index in [0.717, 1.165) is 19.5 Å². The summed E-state index contributed by atoms with van der Waals surface area (Å²) in [7, 11) is 3.23. The van der Waals surface area contributed by atoms with Gasteiger partial charge in [-0.1, -0.05) is 30.3 Å². The van der Waals surface area contributed by atoms with Crippen LogP contribution in [0.4, 0.5) is 4.79 Å². The van der Waals surface area contributed by atoms with Crippen LogP contribution in [0.1, 0.15) is 24.8 Å². The van der Waals surface area contributed by atoms with Gasteiger partial charge in [-0.3, -0.25) is 4.79 Å². The molecule has 1 rings (SSSR count). The summed E-state index contributed by atoms with van der Waals surface area (Å²) in [6.45, 7) is 2.04.